The van der Waals surface area contributed by atoms with Gasteiger partial charge in [0.25, 0.3) is 5.91 Å². The number of oxazole rings is 1. The summed E-state index contributed by atoms with van der Waals surface area (Å²) in [7, 11) is 0. The summed E-state index contributed by atoms with van der Waals surface area (Å²) in [5.74, 6) is -0.357. The maximum Gasteiger partial charge on any atom is 0.273 e. The molecule has 0 aliphatic carbocycles. The fourth-order valence-corrected chi connectivity index (χ4v) is 2.48. The summed E-state index contributed by atoms with van der Waals surface area (Å²) in [5, 5.41) is 18.1. The Bertz CT molecular complexity index is 1040. The summed E-state index contributed by atoms with van der Waals surface area (Å²) < 4.78 is 5.48. The first-order chi connectivity index (χ1) is 11.7. The molecule has 0 fully saturated rings. The quantitative estimate of drug-likeness (QED) is 0.559. The molecule has 0 bridgehead atoms. The van der Waals surface area contributed by atoms with Crippen LogP contribution in [0.1, 0.15) is 5.89 Å². The first kappa shape index (κ1) is 14.1. The van der Waals surface area contributed by atoms with Gasteiger partial charge in [0.15, 0.2) is 11.3 Å². The number of H-pyrrole nitrogens is 1. The second-order valence-corrected chi connectivity index (χ2v) is 5.21. The second kappa shape index (κ2) is 5.62. The molecule has 2 heterocycles. The van der Waals surface area contributed by atoms with E-state index in [-0.39, 0.29) is 23.9 Å². The summed E-state index contributed by atoms with van der Waals surface area (Å²) in [5.41, 5.74) is 2.25. The van der Waals surface area contributed by atoms with Crippen LogP contribution in [0.2, 0.25) is 0 Å². The van der Waals surface area contributed by atoms with Gasteiger partial charge in [-0.2, -0.15) is 0 Å². The number of amides is 1. The van der Waals surface area contributed by atoms with Crippen LogP contribution in [0.25, 0.3) is 22.0 Å². The Morgan fingerprint density at radius 2 is 1.96 bits per heavy atom. The Kier molecular flexibility index (Phi) is 3.31. The van der Waals surface area contributed by atoms with E-state index in [9.17, 15) is 9.90 Å². The molecule has 118 valence electrons. The molecule has 0 atom stereocenters. The molecule has 0 saturated carbocycles. The zero-order valence-electron chi connectivity index (χ0n) is 12.4. The van der Waals surface area contributed by atoms with Crippen molar-refractivity contribution >= 4 is 33.6 Å². The molecule has 7 nitrogen and oxygen atoms in total. The van der Waals surface area contributed by atoms with Gasteiger partial charge in [-0.15, -0.1) is 10.2 Å². The van der Waals surface area contributed by atoms with Crippen molar-refractivity contribution < 1.29 is 14.3 Å². The minimum absolute atomic E-state index is 0.0959. The Labute approximate surface area is 135 Å². The average Bonchev–Trinajstić information content (AvgIpc) is 3.12. The van der Waals surface area contributed by atoms with Crippen LogP contribution in [-0.2, 0) is 11.2 Å². The molecular formula is C17H12N4O3. The number of hydrogen-bond acceptors (Lipinski definition) is 5. The van der Waals surface area contributed by atoms with Crippen molar-refractivity contribution in [3.8, 4) is 5.88 Å². The SMILES string of the molecule is O=C(Cc1nc2ccccc2o1)N=Nc1c(O)[nH]c2ccccc12. The molecule has 7 heteroatoms. The molecular weight excluding hydrogens is 308 g/mol. The number of para-hydroxylation sites is 3. The first-order valence-electron chi connectivity index (χ1n) is 7.29. The number of nitrogens with one attached hydrogen (secondary N) is 1. The number of carbonyl (C=O) groups is 1. The zero-order valence-corrected chi connectivity index (χ0v) is 12.4. The topological polar surface area (TPSA) is 104 Å². The van der Waals surface area contributed by atoms with Crippen LogP contribution >= 0.6 is 0 Å². The Balaban J connectivity index is 1.56. The van der Waals surface area contributed by atoms with E-state index in [1.807, 2.05) is 24.3 Å². The van der Waals surface area contributed by atoms with Crippen molar-refractivity contribution in [3.05, 3.63) is 54.4 Å². The highest BCUT2D eigenvalue weighted by molar-refractivity contribution is 5.94. The minimum atomic E-state index is -0.508. The molecule has 0 unspecified atom stereocenters. The molecule has 2 aromatic heterocycles. The number of hydrogen-bond donors (Lipinski definition) is 2. The summed E-state index contributed by atoms with van der Waals surface area (Å²) in [6.07, 6.45) is -0.0959. The minimum Gasteiger partial charge on any atom is -0.493 e. The van der Waals surface area contributed by atoms with Crippen LogP contribution in [0.4, 0.5) is 5.69 Å². The lowest BCUT2D eigenvalue weighted by atomic mass is 10.2. The van der Waals surface area contributed by atoms with Crippen molar-refractivity contribution in [2.45, 2.75) is 6.42 Å². The lowest BCUT2D eigenvalue weighted by molar-refractivity contribution is -0.117. The number of rotatable bonds is 3. The maximum absolute atomic E-state index is 12.0. The van der Waals surface area contributed by atoms with Crippen LogP contribution in [-0.4, -0.2) is 21.0 Å². The molecule has 2 aromatic carbocycles. The molecule has 4 rings (SSSR count). The van der Waals surface area contributed by atoms with Crippen LogP contribution in [0.5, 0.6) is 5.88 Å². The van der Waals surface area contributed by atoms with E-state index in [0.717, 1.165) is 5.52 Å². The van der Waals surface area contributed by atoms with Gasteiger partial charge in [0.1, 0.15) is 11.9 Å². The summed E-state index contributed by atoms with van der Waals surface area (Å²) in [4.78, 5) is 19.0. The van der Waals surface area contributed by atoms with Gasteiger partial charge in [0, 0.05) is 5.39 Å². The van der Waals surface area contributed by atoms with E-state index in [2.05, 4.69) is 20.2 Å². The maximum atomic E-state index is 12.0. The van der Waals surface area contributed by atoms with Gasteiger partial charge in [-0.25, -0.2) is 4.98 Å². The van der Waals surface area contributed by atoms with Gasteiger partial charge in [0.2, 0.25) is 11.8 Å². The van der Waals surface area contributed by atoms with Crippen LogP contribution in [0.15, 0.2) is 63.2 Å². The van der Waals surface area contributed by atoms with E-state index in [1.165, 1.54) is 0 Å². The van der Waals surface area contributed by atoms with Crippen LogP contribution < -0.4 is 0 Å². The van der Waals surface area contributed by atoms with Crippen molar-refractivity contribution in [1.29, 1.82) is 0 Å². The van der Waals surface area contributed by atoms with E-state index >= 15 is 0 Å². The summed E-state index contributed by atoms with van der Waals surface area (Å²) in [6, 6.07) is 14.5. The van der Waals surface area contributed by atoms with Gasteiger partial charge in [0.05, 0.1) is 5.52 Å². The molecule has 24 heavy (non-hydrogen) atoms. The highest BCUT2D eigenvalue weighted by Crippen LogP contribution is 2.35. The highest BCUT2D eigenvalue weighted by Gasteiger charge is 2.12. The number of aromatic hydroxyl groups is 1. The normalized spacial score (nSPS) is 11.7. The predicted molar refractivity (Wildman–Crippen MR) is 87.2 cm³/mol. The van der Waals surface area contributed by atoms with Crippen LogP contribution in [0.3, 0.4) is 0 Å². The molecule has 0 saturated heterocycles. The van der Waals surface area contributed by atoms with E-state index in [4.69, 9.17) is 4.42 Å². The molecule has 0 radical (unpaired) electrons. The number of azo groups is 1. The van der Waals surface area contributed by atoms with Crippen molar-refractivity contribution in [3.63, 3.8) is 0 Å². The lowest BCUT2D eigenvalue weighted by Gasteiger charge is -1.91. The second-order valence-electron chi connectivity index (χ2n) is 5.21. The Morgan fingerprint density at radius 1 is 1.17 bits per heavy atom. The zero-order chi connectivity index (χ0) is 16.5. The molecule has 1 amide bonds. The fraction of sp³-hybridized carbons (Fsp3) is 0.0588. The number of aromatic amines is 1. The molecule has 4 aromatic rings. The molecule has 0 aliphatic heterocycles. The molecule has 2 N–H and O–H groups in total. The number of aromatic nitrogens is 2. The molecule has 0 spiro atoms. The highest BCUT2D eigenvalue weighted by atomic mass is 16.3. The number of benzene rings is 2. The molecule has 0 aliphatic rings. The number of carbonyl (C=O) groups excluding carboxylic acids is 1. The monoisotopic (exact) mass is 320 g/mol. The third-order valence-corrected chi connectivity index (χ3v) is 3.56. The summed E-state index contributed by atoms with van der Waals surface area (Å²) in [6.45, 7) is 0. The largest absolute Gasteiger partial charge is 0.493 e. The smallest absolute Gasteiger partial charge is 0.273 e. The third kappa shape index (κ3) is 2.52. The van der Waals surface area contributed by atoms with Gasteiger partial charge < -0.3 is 14.5 Å². The summed E-state index contributed by atoms with van der Waals surface area (Å²) >= 11 is 0. The fourth-order valence-electron chi connectivity index (χ4n) is 2.48. The Hall–Kier alpha value is -3.48. The standard InChI is InChI=1S/C17H12N4O3/c22-14(9-15-18-12-7-3-4-8-13(12)24-15)20-21-16-10-5-1-2-6-11(10)19-17(16)23/h1-8,19,23H,9H2. The van der Waals surface area contributed by atoms with Gasteiger partial charge in [-0.3, -0.25) is 4.79 Å². The lowest BCUT2D eigenvalue weighted by Crippen LogP contribution is -1.97. The van der Waals surface area contributed by atoms with Crippen molar-refractivity contribution in [1.82, 2.24) is 9.97 Å². The average molecular weight is 320 g/mol. The number of nitrogens with zero attached hydrogens (tertiary/aromatic N) is 3. The van der Waals surface area contributed by atoms with E-state index < -0.39 is 5.91 Å². The van der Waals surface area contributed by atoms with E-state index in [0.29, 0.717) is 16.5 Å². The Morgan fingerprint density at radius 3 is 2.83 bits per heavy atom. The number of fused-ring (bicyclic) bond motifs is 2. The van der Waals surface area contributed by atoms with Gasteiger partial charge in [-0.05, 0) is 18.2 Å². The van der Waals surface area contributed by atoms with Crippen LogP contribution in [0, 0.1) is 0 Å². The first-order valence-corrected chi connectivity index (χ1v) is 7.29. The predicted octanol–water partition coefficient (Wildman–Crippen LogP) is 3.87. The van der Waals surface area contributed by atoms with Gasteiger partial charge in [-0.1, -0.05) is 30.3 Å². The van der Waals surface area contributed by atoms with Crippen molar-refractivity contribution in [2.24, 2.45) is 10.2 Å². The van der Waals surface area contributed by atoms with Crippen molar-refractivity contribution in [2.75, 3.05) is 0 Å². The third-order valence-electron chi connectivity index (χ3n) is 3.56. The van der Waals surface area contributed by atoms with Gasteiger partial charge >= 0.3 is 0 Å². The van der Waals surface area contributed by atoms with E-state index in [1.54, 1.807) is 24.3 Å².